The van der Waals surface area contributed by atoms with Gasteiger partial charge < -0.3 is 19.9 Å². The van der Waals surface area contributed by atoms with Crippen molar-refractivity contribution in [3.63, 3.8) is 0 Å². The predicted octanol–water partition coefficient (Wildman–Crippen LogP) is 2.02. The predicted molar refractivity (Wildman–Crippen MR) is 118 cm³/mol. The third kappa shape index (κ3) is 9.70. The number of hydrogen-bond donors (Lipinski definition) is 2. The van der Waals surface area contributed by atoms with Crippen LogP contribution in [0.5, 0.6) is 0 Å². The van der Waals surface area contributed by atoms with Crippen LogP contribution >= 0.6 is 24.0 Å². The molecule has 0 amide bonds. The molecule has 1 aromatic rings. The number of aromatic nitrogens is 2. The van der Waals surface area contributed by atoms with Crippen LogP contribution in [0.15, 0.2) is 9.52 Å². The summed E-state index contributed by atoms with van der Waals surface area (Å²) in [7, 11) is 0. The summed E-state index contributed by atoms with van der Waals surface area (Å²) >= 11 is 0. The highest BCUT2D eigenvalue weighted by molar-refractivity contribution is 14.0. The lowest BCUT2D eigenvalue weighted by molar-refractivity contribution is 0.0376. The molecule has 0 unspecified atom stereocenters. The van der Waals surface area contributed by atoms with E-state index in [0.29, 0.717) is 11.8 Å². The number of nitrogens with one attached hydrogen (secondary N) is 2. The van der Waals surface area contributed by atoms with Gasteiger partial charge in [0.15, 0.2) is 11.8 Å². The second-order valence-electron chi connectivity index (χ2n) is 6.80. The van der Waals surface area contributed by atoms with Crippen molar-refractivity contribution in [2.75, 3.05) is 52.5 Å². The van der Waals surface area contributed by atoms with Crippen molar-refractivity contribution in [2.24, 2.45) is 4.99 Å². The van der Waals surface area contributed by atoms with Gasteiger partial charge in [-0.25, -0.2) is 0 Å². The summed E-state index contributed by atoms with van der Waals surface area (Å²) in [6, 6.07) is 0. The van der Waals surface area contributed by atoms with Gasteiger partial charge in [0.05, 0.1) is 13.2 Å². The molecule has 1 saturated heterocycles. The maximum atomic E-state index is 5.37. The van der Waals surface area contributed by atoms with Crippen molar-refractivity contribution in [3.05, 3.63) is 11.7 Å². The third-order valence-electron chi connectivity index (χ3n) is 4.21. The average Bonchev–Trinajstić information content (AvgIpc) is 3.12. The van der Waals surface area contributed by atoms with E-state index in [1.54, 1.807) is 0 Å². The fraction of sp³-hybridized carbons (Fsp3) is 0.833. The van der Waals surface area contributed by atoms with Gasteiger partial charge in [0.25, 0.3) is 0 Å². The van der Waals surface area contributed by atoms with Gasteiger partial charge in [-0.15, -0.1) is 24.0 Å². The van der Waals surface area contributed by atoms with E-state index >= 15 is 0 Å². The van der Waals surface area contributed by atoms with E-state index in [1.165, 1.54) is 0 Å². The Labute approximate surface area is 179 Å². The summed E-state index contributed by atoms with van der Waals surface area (Å²) in [4.78, 5) is 11.5. The summed E-state index contributed by atoms with van der Waals surface area (Å²) < 4.78 is 10.6. The summed E-state index contributed by atoms with van der Waals surface area (Å²) in [6.07, 6.45) is 2.76. The smallest absolute Gasteiger partial charge is 0.226 e. The first kappa shape index (κ1) is 24.1. The van der Waals surface area contributed by atoms with Crippen molar-refractivity contribution < 1.29 is 9.26 Å². The van der Waals surface area contributed by atoms with Gasteiger partial charge in [-0.1, -0.05) is 19.0 Å². The Kier molecular flexibility index (Phi) is 12.6. The first-order valence-electron chi connectivity index (χ1n) is 9.83. The maximum Gasteiger partial charge on any atom is 0.226 e. The van der Waals surface area contributed by atoms with E-state index in [9.17, 15) is 0 Å². The molecule has 27 heavy (non-hydrogen) atoms. The molecule has 9 heteroatoms. The third-order valence-corrected chi connectivity index (χ3v) is 4.21. The number of nitrogens with zero attached hydrogens (tertiary/aromatic N) is 4. The molecule has 0 aliphatic carbocycles. The van der Waals surface area contributed by atoms with Gasteiger partial charge in [-0.3, -0.25) is 9.89 Å². The molecule has 2 rings (SSSR count). The minimum absolute atomic E-state index is 0. The minimum atomic E-state index is 0. The van der Waals surface area contributed by atoms with E-state index in [4.69, 9.17) is 9.26 Å². The summed E-state index contributed by atoms with van der Waals surface area (Å²) in [5, 5.41) is 10.7. The first-order valence-corrected chi connectivity index (χ1v) is 9.83. The molecule has 0 spiro atoms. The Balaban J connectivity index is 0.00000364. The molecule has 2 N–H and O–H groups in total. The van der Waals surface area contributed by atoms with Crippen LogP contribution in [-0.2, 0) is 11.2 Å². The Hall–Kier alpha value is -0.940. The largest absolute Gasteiger partial charge is 0.379 e. The Morgan fingerprint density at radius 3 is 2.67 bits per heavy atom. The lowest BCUT2D eigenvalue weighted by Crippen LogP contribution is -2.40. The van der Waals surface area contributed by atoms with Crippen LogP contribution in [0.1, 0.15) is 51.2 Å². The molecule has 0 aromatic carbocycles. The molecule has 1 aromatic heterocycles. The molecular formula is C18H35IN6O2. The lowest BCUT2D eigenvalue weighted by atomic mass is 10.2. The van der Waals surface area contributed by atoms with E-state index in [1.807, 2.05) is 0 Å². The van der Waals surface area contributed by atoms with E-state index in [-0.39, 0.29) is 24.0 Å². The number of aryl methyl sites for hydroxylation is 1. The fourth-order valence-corrected chi connectivity index (χ4v) is 2.70. The molecule has 2 heterocycles. The monoisotopic (exact) mass is 494 g/mol. The Morgan fingerprint density at radius 2 is 2.00 bits per heavy atom. The zero-order valence-corrected chi connectivity index (χ0v) is 19.2. The van der Waals surface area contributed by atoms with Gasteiger partial charge >= 0.3 is 0 Å². The molecular weight excluding hydrogens is 459 g/mol. The number of aliphatic imine (C=N–C) groups is 1. The Morgan fingerprint density at radius 1 is 1.22 bits per heavy atom. The van der Waals surface area contributed by atoms with Crippen molar-refractivity contribution >= 4 is 29.9 Å². The van der Waals surface area contributed by atoms with Crippen LogP contribution < -0.4 is 10.6 Å². The highest BCUT2D eigenvalue weighted by Crippen LogP contribution is 2.10. The van der Waals surface area contributed by atoms with Crippen LogP contribution in [0.2, 0.25) is 0 Å². The van der Waals surface area contributed by atoms with Gasteiger partial charge in [0, 0.05) is 45.1 Å². The minimum Gasteiger partial charge on any atom is -0.379 e. The second-order valence-corrected chi connectivity index (χ2v) is 6.80. The number of morpholine rings is 1. The molecule has 0 radical (unpaired) electrons. The van der Waals surface area contributed by atoms with E-state index < -0.39 is 0 Å². The van der Waals surface area contributed by atoms with Crippen LogP contribution in [0, 0.1) is 0 Å². The standard InChI is InChI=1S/C18H34N6O2.HI/c1-4-19-18(21-9-6-10-24-11-13-25-14-12-24)20-8-5-7-16-22-17(15(2)3)23-26-16;/h15H,4-14H2,1-3H3,(H2,19,20,21);1H. The molecule has 0 saturated carbocycles. The van der Waals surface area contributed by atoms with Crippen LogP contribution in [0.25, 0.3) is 0 Å². The second kappa shape index (κ2) is 14.1. The molecule has 1 aliphatic rings. The zero-order valence-electron chi connectivity index (χ0n) is 16.9. The summed E-state index contributed by atoms with van der Waals surface area (Å²) in [5.41, 5.74) is 0. The van der Waals surface area contributed by atoms with Crippen molar-refractivity contribution in [1.82, 2.24) is 25.7 Å². The SMILES string of the molecule is CCNC(=NCCCc1nc(C(C)C)no1)NCCCN1CCOCC1.I. The van der Waals surface area contributed by atoms with Gasteiger partial charge in [-0.05, 0) is 26.3 Å². The summed E-state index contributed by atoms with van der Waals surface area (Å²) in [5.74, 6) is 2.65. The number of guanidine groups is 1. The molecule has 8 nitrogen and oxygen atoms in total. The van der Waals surface area contributed by atoms with E-state index in [0.717, 1.165) is 83.5 Å². The number of hydrogen-bond acceptors (Lipinski definition) is 6. The van der Waals surface area contributed by atoms with Gasteiger partial charge in [-0.2, -0.15) is 4.98 Å². The molecule has 156 valence electrons. The van der Waals surface area contributed by atoms with E-state index in [2.05, 4.69) is 51.4 Å². The van der Waals surface area contributed by atoms with Gasteiger partial charge in [0.1, 0.15) is 0 Å². The zero-order chi connectivity index (χ0) is 18.6. The van der Waals surface area contributed by atoms with Crippen molar-refractivity contribution in [1.29, 1.82) is 0 Å². The highest BCUT2D eigenvalue weighted by Gasteiger charge is 2.10. The molecule has 1 aliphatic heterocycles. The van der Waals surface area contributed by atoms with Crippen LogP contribution in [0.4, 0.5) is 0 Å². The maximum absolute atomic E-state index is 5.37. The topological polar surface area (TPSA) is 87.8 Å². The lowest BCUT2D eigenvalue weighted by Gasteiger charge is -2.26. The molecule has 0 bridgehead atoms. The van der Waals surface area contributed by atoms with Crippen LogP contribution in [0.3, 0.4) is 0 Å². The molecule has 1 fully saturated rings. The molecule has 0 atom stereocenters. The number of ether oxygens (including phenoxy) is 1. The van der Waals surface area contributed by atoms with Crippen molar-refractivity contribution in [3.8, 4) is 0 Å². The van der Waals surface area contributed by atoms with Crippen LogP contribution in [-0.4, -0.2) is 73.5 Å². The Bertz CT molecular complexity index is 532. The average molecular weight is 494 g/mol. The normalized spacial score (nSPS) is 15.6. The van der Waals surface area contributed by atoms with Gasteiger partial charge in [0.2, 0.25) is 5.89 Å². The highest BCUT2D eigenvalue weighted by atomic mass is 127. The number of rotatable bonds is 10. The number of halogens is 1. The quantitative estimate of drug-likeness (QED) is 0.223. The van der Waals surface area contributed by atoms with Crippen molar-refractivity contribution in [2.45, 2.75) is 46.0 Å². The first-order chi connectivity index (χ1) is 12.7. The summed E-state index contributed by atoms with van der Waals surface area (Å²) in [6.45, 7) is 13.6. The fourth-order valence-electron chi connectivity index (χ4n) is 2.70.